The Morgan fingerprint density at radius 2 is 2.00 bits per heavy atom. The average Bonchev–Trinajstić information content (AvgIpc) is 2.16. The fraction of sp³-hybridized carbons (Fsp3) is 0.143. The van der Waals surface area contributed by atoms with E-state index in [-0.39, 0.29) is 0 Å². The van der Waals surface area contributed by atoms with E-state index in [1.165, 1.54) is 0 Å². The number of benzene rings is 1. The van der Waals surface area contributed by atoms with Gasteiger partial charge < -0.3 is 0 Å². The van der Waals surface area contributed by atoms with Crippen molar-refractivity contribution >= 4 is 18.7 Å². The van der Waals surface area contributed by atoms with Gasteiger partial charge in [-0.05, 0) is 5.56 Å². The van der Waals surface area contributed by atoms with Crippen LogP contribution in [-0.2, 0) is 19.9 Å². The van der Waals surface area contributed by atoms with E-state index < -0.39 is 8.25 Å². The van der Waals surface area contributed by atoms with Crippen molar-refractivity contribution in [3.05, 3.63) is 35.9 Å². The normalized spacial score (nSPS) is 11.5. The van der Waals surface area contributed by atoms with Crippen LogP contribution in [0.4, 0.5) is 0 Å². The lowest BCUT2D eigenvalue weighted by molar-refractivity contribution is 0.281. The van der Waals surface area contributed by atoms with Crippen LogP contribution in [0.25, 0.3) is 0 Å². The monoisotopic (exact) mass is 201 g/mol. The standard InChI is InChI=1S/C7H10O3PSi/c8-11(10-12)9-6-7-4-2-1-3-5-7/h1-5H,6H2,12H3/q+1. The smallest absolute Gasteiger partial charge is 0.187 e. The van der Waals surface area contributed by atoms with E-state index in [0.717, 1.165) is 5.56 Å². The predicted octanol–water partition coefficient (Wildman–Crippen LogP) is 1.16. The van der Waals surface area contributed by atoms with Crippen molar-refractivity contribution in [1.29, 1.82) is 0 Å². The molecule has 0 aromatic heterocycles. The predicted molar refractivity (Wildman–Crippen MR) is 49.9 cm³/mol. The van der Waals surface area contributed by atoms with Crippen molar-refractivity contribution in [3.63, 3.8) is 0 Å². The van der Waals surface area contributed by atoms with Gasteiger partial charge in [-0.25, -0.2) is 0 Å². The van der Waals surface area contributed by atoms with Crippen LogP contribution in [0.1, 0.15) is 5.56 Å². The van der Waals surface area contributed by atoms with Crippen molar-refractivity contribution in [2.45, 2.75) is 6.61 Å². The van der Waals surface area contributed by atoms with Gasteiger partial charge >= 0.3 is 8.25 Å². The summed E-state index contributed by atoms with van der Waals surface area (Å²) >= 11 is 0. The minimum absolute atomic E-state index is 0.346. The highest BCUT2D eigenvalue weighted by atomic mass is 31.1. The van der Waals surface area contributed by atoms with Gasteiger partial charge in [0.1, 0.15) is 6.61 Å². The third-order valence-electron chi connectivity index (χ3n) is 1.33. The topological polar surface area (TPSA) is 35.5 Å². The van der Waals surface area contributed by atoms with Crippen LogP contribution < -0.4 is 0 Å². The zero-order chi connectivity index (χ0) is 8.81. The van der Waals surface area contributed by atoms with Gasteiger partial charge in [0.05, 0.1) is 0 Å². The Morgan fingerprint density at radius 3 is 2.58 bits per heavy atom. The quantitative estimate of drug-likeness (QED) is 0.541. The van der Waals surface area contributed by atoms with Crippen LogP contribution >= 0.6 is 8.25 Å². The Labute approximate surface area is 75.2 Å². The first-order chi connectivity index (χ1) is 5.83. The van der Waals surface area contributed by atoms with Crippen molar-refractivity contribution in [3.8, 4) is 0 Å². The highest BCUT2D eigenvalue weighted by Gasteiger charge is 2.15. The van der Waals surface area contributed by atoms with E-state index >= 15 is 0 Å². The van der Waals surface area contributed by atoms with Crippen molar-refractivity contribution < 1.29 is 13.3 Å². The second-order valence-corrected chi connectivity index (χ2v) is 4.33. The maximum Gasteiger partial charge on any atom is 0.684 e. The molecule has 1 aromatic carbocycles. The average molecular weight is 201 g/mol. The molecule has 0 saturated heterocycles. The molecular formula is C7H10O3PSi+. The van der Waals surface area contributed by atoms with Crippen LogP contribution in [0.15, 0.2) is 30.3 Å². The second kappa shape index (κ2) is 5.16. The van der Waals surface area contributed by atoms with E-state index in [0.29, 0.717) is 17.1 Å². The lowest BCUT2D eigenvalue weighted by Crippen LogP contribution is -1.85. The molecule has 5 heteroatoms. The Kier molecular flexibility index (Phi) is 4.11. The maximum absolute atomic E-state index is 10.7. The fourth-order valence-corrected chi connectivity index (χ4v) is 1.43. The molecule has 0 heterocycles. The Balaban J connectivity index is 2.38. The van der Waals surface area contributed by atoms with Crippen LogP contribution in [0.2, 0.25) is 0 Å². The van der Waals surface area contributed by atoms with Gasteiger partial charge in [0.15, 0.2) is 0 Å². The van der Waals surface area contributed by atoms with Gasteiger partial charge in [-0.15, -0.1) is 4.52 Å². The van der Waals surface area contributed by atoms with E-state index in [9.17, 15) is 4.57 Å². The molecule has 3 nitrogen and oxygen atoms in total. The molecule has 1 aromatic rings. The van der Waals surface area contributed by atoms with Crippen LogP contribution in [0, 0.1) is 0 Å². The molecule has 0 N–H and O–H groups in total. The summed E-state index contributed by atoms with van der Waals surface area (Å²) in [4.78, 5) is 0. The molecule has 0 fully saturated rings. The summed E-state index contributed by atoms with van der Waals surface area (Å²) in [5.41, 5.74) is 1.000. The summed E-state index contributed by atoms with van der Waals surface area (Å²) in [7, 11) is -1.45. The first-order valence-electron chi connectivity index (χ1n) is 3.51. The largest absolute Gasteiger partial charge is 0.684 e. The molecule has 0 bridgehead atoms. The van der Waals surface area contributed by atoms with Crippen LogP contribution in [0.5, 0.6) is 0 Å². The van der Waals surface area contributed by atoms with Crippen molar-refractivity contribution in [2.24, 2.45) is 0 Å². The van der Waals surface area contributed by atoms with E-state index in [1.54, 1.807) is 0 Å². The zero-order valence-electron chi connectivity index (χ0n) is 6.77. The van der Waals surface area contributed by atoms with Gasteiger partial charge in [0.2, 0.25) is 10.5 Å². The van der Waals surface area contributed by atoms with Gasteiger partial charge in [-0.1, -0.05) is 30.3 Å². The molecule has 1 atom stereocenters. The van der Waals surface area contributed by atoms with Gasteiger partial charge in [-0.2, -0.15) is 4.21 Å². The number of hydrogen-bond acceptors (Lipinski definition) is 3. The third-order valence-corrected chi connectivity index (χ3v) is 2.86. The summed E-state index contributed by atoms with van der Waals surface area (Å²) < 4.78 is 20.2. The van der Waals surface area contributed by atoms with E-state index in [4.69, 9.17) is 4.52 Å². The van der Waals surface area contributed by atoms with E-state index in [1.807, 2.05) is 30.3 Å². The molecule has 0 radical (unpaired) electrons. The molecule has 0 saturated carbocycles. The number of rotatable bonds is 4. The molecule has 0 spiro atoms. The molecule has 12 heavy (non-hydrogen) atoms. The first kappa shape index (κ1) is 9.54. The van der Waals surface area contributed by atoms with E-state index in [2.05, 4.69) is 4.21 Å². The van der Waals surface area contributed by atoms with Crippen molar-refractivity contribution in [1.82, 2.24) is 0 Å². The fourth-order valence-electron chi connectivity index (χ4n) is 0.754. The van der Waals surface area contributed by atoms with Crippen LogP contribution in [-0.4, -0.2) is 10.5 Å². The maximum atomic E-state index is 10.7. The third kappa shape index (κ3) is 3.24. The Morgan fingerprint density at radius 1 is 1.33 bits per heavy atom. The highest BCUT2D eigenvalue weighted by molar-refractivity contribution is 7.34. The summed E-state index contributed by atoms with van der Waals surface area (Å²) in [5.74, 6) is 0. The molecule has 64 valence electrons. The SMILES string of the molecule is O=[P+](O[SiH3])OCc1ccccc1. The molecule has 0 aliphatic rings. The lowest BCUT2D eigenvalue weighted by atomic mass is 10.2. The van der Waals surface area contributed by atoms with Gasteiger partial charge in [-0.3, -0.25) is 0 Å². The summed E-state index contributed by atoms with van der Waals surface area (Å²) in [6.07, 6.45) is 0. The second-order valence-electron chi connectivity index (χ2n) is 2.17. The van der Waals surface area contributed by atoms with Crippen molar-refractivity contribution in [2.75, 3.05) is 0 Å². The Bertz CT molecular complexity index is 252. The molecule has 0 aliphatic heterocycles. The highest BCUT2D eigenvalue weighted by Crippen LogP contribution is 2.23. The molecule has 1 unspecified atom stereocenters. The molecular weight excluding hydrogens is 191 g/mol. The lowest BCUT2D eigenvalue weighted by Gasteiger charge is -1.91. The summed E-state index contributed by atoms with van der Waals surface area (Å²) in [5, 5.41) is 0. The molecule has 0 aliphatic carbocycles. The Hall–Kier alpha value is -0.543. The molecule has 1 rings (SSSR count). The summed E-state index contributed by atoms with van der Waals surface area (Å²) in [6, 6.07) is 9.57. The first-order valence-corrected chi connectivity index (χ1v) is 5.42. The summed E-state index contributed by atoms with van der Waals surface area (Å²) in [6.45, 7) is 0.346. The van der Waals surface area contributed by atoms with Gasteiger partial charge in [0.25, 0.3) is 0 Å². The minimum atomic E-state index is -1.89. The van der Waals surface area contributed by atoms with Gasteiger partial charge in [0, 0.05) is 4.57 Å². The van der Waals surface area contributed by atoms with Crippen LogP contribution in [0.3, 0.4) is 0 Å². The minimum Gasteiger partial charge on any atom is -0.187 e. The molecule has 0 amide bonds. The zero-order valence-corrected chi connectivity index (χ0v) is 9.66. The number of hydrogen-bond donors (Lipinski definition) is 0.